The molecule has 1 N–H and O–H groups in total. The van der Waals surface area contributed by atoms with Crippen molar-refractivity contribution in [3.63, 3.8) is 0 Å². The lowest BCUT2D eigenvalue weighted by atomic mass is 10.2. The van der Waals surface area contributed by atoms with Crippen molar-refractivity contribution in [2.75, 3.05) is 24.3 Å². The van der Waals surface area contributed by atoms with Crippen LogP contribution in [0.1, 0.15) is 10.4 Å². The smallest absolute Gasteiger partial charge is 0.256 e. The summed E-state index contributed by atoms with van der Waals surface area (Å²) in [4.78, 5) is 21.7. The molecular weight excluding hydrogens is 264 g/mol. The van der Waals surface area contributed by atoms with Gasteiger partial charge in [0.05, 0.1) is 0 Å². The van der Waals surface area contributed by atoms with E-state index in [9.17, 15) is 4.79 Å². The number of halogens is 1. The Morgan fingerprint density at radius 3 is 2.74 bits per heavy atom. The number of nitrogens with zero attached hydrogens (tertiary/aromatic N) is 3. The highest BCUT2D eigenvalue weighted by Gasteiger charge is 2.08. The van der Waals surface area contributed by atoms with Gasteiger partial charge < -0.3 is 10.2 Å². The Kier molecular flexibility index (Phi) is 3.97. The summed E-state index contributed by atoms with van der Waals surface area (Å²) in [6.07, 6.45) is 1.30. The molecule has 0 spiro atoms. The van der Waals surface area contributed by atoms with E-state index in [2.05, 4.69) is 15.3 Å². The van der Waals surface area contributed by atoms with Crippen molar-refractivity contribution >= 4 is 29.0 Å². The van der Waals surface area contributed by atoms with Crippen molar-refractivity contribution in [1.29, 1.82) is 0 Å². The van der Waals surface area contributed by atoms with Crippen LogP contribution in [0.3, 0.4) is 0 Å². The van der Waals surface area contributed by atoms with Crippen molar-refractivity contribution in [2.24, 2.45) is 0 Å². The lowest BCUT2D eigenvalue weighted by Crippen LogP contribution is -2.15. The fraction of sp³-hybridized carbons (Fsp3) is 0.154. The van der Waals surface area contributed by atoms with E-state index in [0.29, 0.717) is 11.4 Å². The summed E-state index contributed by atoms with van der Waals surface area (Å²) >= 11 is 5.73. The van der Waals surface area contributed by atoms with Crippen LogP contribution in [0.25, 0.3) is 0 Å². The predicted octanol–water partition coefficient (Wildman–Crippen LogP) is 2.45. The molecule has 0 fully saturated rings. The van der Waals surface area contributed by atoms with Gasteiger partial charge in [-0.1, -0.05) is 17.7 Å². The average Bonchev–Trinajstić information content (AvgIpc) is 2.39. The number of nitrogens with one attached hydrogen (secondary N) is 1. The first kappa shape index (κ1) is 13.3. The molecule has 0 aliphatic carbocycles. The van der Waals surface area contributed by atoms with Crippen molar-refractivity contribution in [1.82, 2.24) is 9.97 Å². The SMILES string of the molecule is CN(C)c1cccc(C(=O)Nc2cc(Cl)ncn2)c1. The van der Waals surface area contributed by atoms with Gasteiger partial charge in [-0.2, -0.15) is 0 Å². The Morgan fingerprint density at radius 1 is 1.26 bits per heavy atom. The molecule has 0 aliphatic heterocycles. The van der Waals surface area contributed by atoms with Crippen molar-refractivity contribution in [3.05, 3.63) is 47.4 Å². The molecule has 0 atom stereocenters. The topological polar surface area (TPSA) is 58.1 Å². The van der Waals surface area contributed by atoms with Gasteiger partial charge in [0.25, 0.3) is 5.91 Å². The minimum absolute atomic E-state index is 0.238. The molecule has 0 unspecified atom stereocenters. The molecule has 2 rings (SSSR count). The van der Waals surface area contributed by atoms with Crippen molar-refractivity contribution in [3.8, 4) is 0 Å². The van der Waals surface area contributed by atoms with Crippen LogP contribution in [-0.4, -0.2) is 30.0 Å². The number of anilines is 2. The fourth-order valence-electron chi connectivity index (χ4n) is 1.52. The zero-order valence-electron chi connectivity index (χ0n) is 10.6. The number of hydrogen-bond donors (Lipinski definition) is 1. The van der Waals surface area contributed by atoms with E-state index in [-0.39, 0.29) is 11.1 Å². The third kappa shape index (κ3) is 3.42. The Hall–Kier alpha value is -2.14. The Labute approximate surface area is 116 Å². The maximum Gasteiger partial charge on any atom is 0.256 e. The molecule has 1 heterocycles. The van der Waals surface area contributed by atoms with Crippen LogP contribution in [0.4, 0.5) is 11.5 Å². The van der Waals surface area contributed by atoms with Crippen LogP contribution >= 0.6 is 11.6 Å². The number of hydrogen-bond acceptors (Lipinski definition) is 4. The highest BCUT2D eigenvalue weighted by molar-refractivity contribution is 6.29. The Balaban J connectivity index is 2.18. The van der Waals surface area contributed by atoms with Gasteiger partial charge in [0, 0.05) is 31.4 Å². The summed E-state index contributed by atoms with van der Waals surface area (Å²) in [6.45, 7) is 0. The zero-order chi connectivity index (χ0) is 13.8. The van der Waals surface area contributed by atoms with Crippen molar-refractivity contribution < 1.29 is 4.79 Å². The molecule has 2 aromatic rings. The van der Waals surface area contributed by atoms with E-state index in [0.717, 1.165) is 5.69 Å². The highest BCUT2D eigenvalue weighted by atomic mass is 35.5. The number of amides is 1. The molecule has 98 valence electrons. The second kappa shape index (κ2) is 5.67. The van der Waals surface area contributed by atoms with Crippen LogP contribution in [0, 0.1) is 0 Å². The Morgan fingerprint density at radius 2 is 2.05 bits per heavy atom. The van der Waals surface area contributed by atoms with Gasteiger partial charge in [-0.15, -0.1) is 0 Å². The minimum Gasteiger partial charge on any atom is -0.378 e. The lowest BCUT2D eigenvalue weighted by Gasteiger charge is -2.13. The molecular formula is C13H13ClN4O. The van der Waals surface area contributed by atoms with Crippen LogP contribution in [0.2, 0.25) is 5.15 Å². The molecule has 0 aliphatic rings. The zero-order valence-corrected chi connectivity index (χ0v) is 11.3. The van der Waals surface area contributed by atoms with Gasteiger partial charge in [0.15, 0.2) is 0 Å². The van der Waals surface area contributed by atoms with Gasteiger partial charge in [0.1, 0.15) is 17.3 Å². The predicted molar refractivity (Wildman–Crippen MR) is 75.8 cm³/mol. The maximum absolute atomic E-state index is 12.1. The largest absolute Gasteiger partial charge is 0.378 e. The summed E-state index contributed by atoms with van der Waals surface area (Å²) in [5.41, 5.74) is 1.51. The first-order valence-electron chi connectivity index (χ1n) is 5.62. The van der Waals surface area contributed by atoms with E-state index >= 15 is 0 Å². The first-order valence-corrected chi connectivity index (χ1v) is 6.00. The quantitative estimate of drug-likeness (QED) is 0.875. The summed E-state index contributed by atoms with van der Waals surface area (Å²) in [5.74, 6) is 0.138. The van der Waals surface area contributed by atoms with E-state index < -0.39 is 0 Å². The van der Waals surface area contributed by atoms with E-state index in [1.807, 2.05) is 31.1 Å². The number of carbonyl (C=O) groups excluding carboxylic acids is 1. The molecule has 1 aromatic heterocycles. The van der Waals surface area contributed by atoms with Crippen LogP contribution in [-0.2, 0) is 0 Å². The molecule has 0 saturated heterocycles. The standard InChI is InChI=1S/C13H13ClN4O/c1-18(2)10-5-3-4-9(6-10)13(19)17-12-7-11(14)15-8-16-12/h3-8H,1-2H3,(H,15,16,17,19). The van der Waals surface area contributed by atoms with Crippen LogP contribution < -0.4 is 10.2 Å². The summed E-state index contributed by atoms with van der Waals surface area (Å²) < 4.78 is 0. The summed E-state index contributed by atoms with van der Waals surface area (Å²) in [5, 5.41) is 2.96. The normalized spacial score (nSPS) is 10.1. The number of aromatic nitrogens is 2. The third-order valence-electron chi connectivity index (χ3n) is 2.50. The van der Waals surface area contributed by atoms with Gasteiger partial charge in [0.2, 0.25) is 0 Å². The van der Waals surface area contributed by atoms with E-state index in [4.69, 9.17) is 11.6 Å². The molecule has 19 heavy (non-hydrogen) atoms. The number of rotatable bonds is 3. The maximum atomic E-state index is 12.1. The third-order valence-corrected chi connectivity index (χ3v) is 2.71. The molecule has 1 aromatic carbocycles. The summed E-state index contributed by atoms with van der Waals surface area (Å²) in [6, 6.07) is 8.80. The Bertz CT molecular complexity index is 601. The van der Waals surface area contributed by atoms with E-state index in [1.165, 1.54) is 12.4 Å². The van der Waals surface area contributed by atoms with Crippen LogP contribution in [0.15, 0.2) is 36.7 Å². The molecule has 1 amide bonds. The van der Waals surface area contributed by atoms with E-state index in [1.54, 1.807) is 12.1 Å². The van der Waals surface area contributed by atoms with Crippen molar-refractivity contribution in [2.45, 2.75) is 0 Å². The van der Waals surface area contributed by atoms with Gasteiger partial charge in [-0.25, -0.2) is 9.97 Å². The number of benzene rings is 1. The number of carbonyl (C=O) groups is 1. The van der Waals surface area contributed by atoms with Gasteiger partial charge >= 0.3 is 0 Å². The first-order chi connectivity index (χ1) is 9.06. The molecule has 6 heteroatoms. The second-order valence-corrected chi connectivity index (χ2v) is 4.51. The minimum atomic E-state index is -0.238. The second-order valence-electron chi connectivity index (χ2n) is 4.12. The lowest BCUT2D eigenvalue weighted by molar-refractivity contribution is 0.102. The summed E-state index contributed by atoms with van der Waals surface area (Å²) in [7, 11) is 3.84. The monoisotopic (exact) mass is 276 g/mol. The average molecular weight is 277 g/mol. The van der Waals surface area contributed by atoms with Gasteiger partial charge in [-0.3, -0.25) is 4.79 Å². The van der Waals surface area contributed by atoms with Gasteiger partial charge in [-0.05, 0) is 18.2 Å². The fourth-order valence-corrected chi connectivity index (χ4v) is 1.66. The molecule has 0 radical (unpaired) electrons. The molecule has 0 bridgehead atoms. The molecule has 5 nitrogen and oxygen atoms in total. The molecule has 0 saturated carbocycles. The van der Waals surface area contributed by atoms with Crippen LogP contribution in [0.5, 0.6) is 0 Å². The highest BCUT2D eigenvalue weighted by Crippen LogP contribution is 2.15.